The van der Waals surface area contributed by atoms with Gasteiger partial charge in [-0.15, -0.1) is 0 Å². The van der Waals surface area contributed by atoms with E-state index in [4.69, 9.17) is 4.74 Å². The summed E-state index contributed by atoms with van der Waals surface area (Å²) >= 11 is 0. The van der Waals surface area contributed by atoms with Crippen molar-refractivity contribution in [1.82, 2.24) is 24.3 Å². The Hall–Kier alpha value is -4.40. The predicted octanol–water partition coefficient (Wildman–Crippen LogP) is 5.06. The van der Waals surface area contributed by atoms with Gasteiger partial charge < -0.3 is 10.1 Å². The van der Waals surface area contributed by atoms with Gasteiger partial charge in [0.2, 0.25) is 0 Å². The number of ether oxygens (including phenoxy) is 1. The van der Waals surface area contributed by atoms with Crippen molar-refractivity contribution < 1.29 is 13.5 Å². The minimum Gasteiger partial charge on any atom is -0.494 e. The third-order valence-corrected chi connectivity index (χ3v) is 5.35. The molecular weight excluding hydrogens is 438 g/mol. The summed E-state index contributed by atoms with van der Waals surface area (Å²) in [5.74, 6) is -0.126. The van der Waals surface area contributed by atoms with Gasteiger partial charge in [0.05, 0.1) is 19.0 Å². The van der Waals surface area contributed by atoms with Gasteiger partial charge in [0.25, 0.3) is 0 Å². The molecule has 1 aromatic carbocycles. The standard InChI is InChI=1S/C25H20F2N6O/c1-15-7-17(3-4-28-15)23-22(34-2)8-16(12-30-23)13-31-24-25-32-14-21(33(25)6-5-29-24)18-9-19(26)11-20(27)10-18/h3-12,14H,13H2,1-2H3,(H,29,31). The number of nitrogens with zero attached hydrogens (tertiary/aromatic N) is 5. The van der Waals surface area contributed by atoms with Crippen LogP contribution >= 0.6 is 0 Å². The fourth-order valence-corrected chi connectivity index (χ4v) is 3.79. The van der Waals surface area contributed by atoms with Crippen molar-refractivity contribution in [2.75, 3.05) is 12.4 Å². The van der Waals surface area contributed by atoms with Gasteiger partial charge in [-0.1, -0.05) is 0 Å². The van der Waals surface area contributed by atoms with Crippen molar-refractivity contribution in [3.05, 3.63) is 90.3 Å². The van der Waals surface area contributed by atoms with Gasteiger partial charge in [0.1, 0.15) is 23.1 Å². The van der Waals surface area contributed by atoms with E-state index in [-0.39, 0.29) is 0 Å². The molecule has 0 radical (unpaired) electrons. The Morgan fingerprint density at radius 2 is 1.74 bits per heavy atom. The number of aryl methyl sites for hydroxylation is 1. The molecule has 4 heterocycles. The smallest absolute Gasteiger partial charge is 0.180 e. The Kier molecular flexibility index (Phi) is 5.59. The molecule has 34 heavy (non-hydrogen) atoms. The van der Waals surface area contributed by atoms with Crippen LogP contribution in [-0.2, 0) is 6.54 Å². The topological polar surface area (TPSA) is 77.2 Å². The monoisotopic (exact) mass is 458 g/mol. The van der Waals surface area contributed by atoms with Crippen LogP contribution < -0.4 is 10.1 Å². The number of methoxy groups -OCH3 is 1. The average molecular weight is 458 g/mol. The highest BCUT2D eigenvalue weighted by Crippen LogP contribution is 2.29. The number of hydrogen-bond acceptors (Lipinski definition) is 6. The summed E-state index contributed by atoms with van der Waals surface area (Å²) in [6.45, 7) is 2.34. The summed E-state index contributed by atoms with van der Waals surface area (Å²) in [6.07, 6.45) is 8.37. The molecular formula is C25H20F2N6O. The lowest BCUT2D eigenvalue weighted by molar-refractivity contribution is 0.414. The SMILES string of the molecule is COc1cc(CNc2nccn3c(-c4cc(F)cc(F)c4)cnc23)cnc1-c1ccnc(C)c1. The summed E-state index contributed by atoms with van der Waals surface area (Å²) in [4.78, 5) is 17.6. The van der Waals surface area contributed by atoms with Crippen molar-refractivity contribution in [3.8, 4) is 28.3 Å². The van der Waals surface area contributed by atoms with Crippen LogP contribution in [0.3, 0.4) is 0 Å². The first-order chi connectivity index (χ1) is 16.5. The number of anilines is 1. The summed E-state index contributed by atoms with van der Waals surface area (Å²) in [5, 5.41) is 3.26. The first-order valence-corrected chi connectivity index (χ1v) is 10.5. The van der Waals surface area contributed by atoms with E-state index in [0.29, 0.717) is 35.0 Å². The van der Waals surface area contributed by atoms with Crippen LogP contribution in [0.2, 0.25) is 0 Å². The maximum atomic E-state index is 13.7. The maximum absolute atomic E-state index is 13.7. The lowest BCUT2D eigenvalue weighted by atomic mass is 10.1. The minimum absolute atomic E-state index is 0.387. The highest BCUT2D eigenvalue weighted by molar-refractivity contribution is 5.71. The summed E-state index contributed by atoms with van der Waals surface area (Å²) in [7, 11) is 1.61. The van der Waals surface area contributed by atoms with Gasteiger partial charge in [0.15, 0.2) is 11.5 Å². The quantitative estimate of drug-likeness (QED) is 0.383. The number of aromatic nitrogens is 5. The molecule has 0 saturated carbocycles. The lowest BCUT2D eigenvalue weighted by Gasteiger charge is -2.12. The number of hydrogen-bond donors (Lipinski definition) is 1. The van der Waals surface area contributed by atoms with Gasteiger partial charge in [-0.2, -0.15) is 0 Å². The van der Waals surface area contributed by atoms with E-state index in [1.54, 1.807) is 42.5 Å². The van der Waals surface area contributed by atoms with Crippen molar-refractivity contribution in [2.24, 2.45) is 0 Å². The van der Waals surface area contributed by atoms with Crippen molar-refractivity contribution in [1.29, 1.82) is 0 Å². The third-order valence-electron chi connectivity index (χ3n) is 5.35. The number of nitrogens with one attached hydrogen (secondary N) is 1. The highest BCUT2D eigenvalue weighted by atomic mass is 19.1. The average Bonchev–Trinajstić information content (AvgIpc) is 3.27. The van der Waals surface area contributed by atoms with E-state index in [0.717, 1.165) is 28.6 Å². The summed E-state index contributed by atoms with van der Waals surface area (Å²) in [5.41, 5.74) is 4.91. The second-order valence-corrected chi connectivity index (χ2v) is 7.70. The molecule has 5 aromatic rings. The molecule has 1 N–H and O–H groups in total. The summed E-state index contributed by atoms with van der Waals surface area (Å²) in [6, 6.07) is 9.13. The molecule has 170 valence electrons. The molecule has 0 aliphatic rings. The fraction of sp³-hybridized carbons (Fsp3) is 0.120. The molecule has 0 saturated heterocycles. The zero-order valence-corrected chi connectivity index (χ0v) is 18.5. The van der Waals surface area contributed by atoms with Crippen LogP contribution in [0.4, 0.5) is 14.6 Å². The lowest BCUT2D eigenvalue weighted by Crippen LogP contribution is -2.05. The van der Waals surface area contributed by atoms with Gasteiger partial charge >= 0.3 is 0 Å². The van der Waals surface area contributed by atoms with Crippen LogP contribution in [0.1, 0.15) is 11.3 Å². The third kappa shape index (κ3) is 4.15. The van der Waals surface area contributed by atoms with Gasteiger partial charge in [-0.05, 0) is 42.8 Å². The normalized spacial score (nSPS) is 11.1. The van der Waals surface area contributed by atoms with E-state index < -0.39 is 11.6 Å². The van der Waals surface area contributed by atoms with Crippen LogP contribution in [0.25, 0.3) is 28.2 Å². The number of benzene rings is 1. The first-order valence-electron chi connectivity index (χ1n) is 10.5. The van der Waals surface area contributed by atoms with Gasteiger partial charge in [-0.25, -0.2) is 18.7 Å². The number of fused-ring (bicyclic) bond motifs is 1. The Balaban J connectivity index is 1.42. The Bertz CT molecular complexity index is 1480. The van der Waals surface area contributed by atoms with Crippen LogP contribution in [-0.4, -0.2) is 31.4 Å². The number of halogens is 2. The second kappa shape index (κ2) is 8.86. The van der Waals surface area contributed by atoms with E-state index >= 15 is 0 Å². The number of pyridine rings is 2. The molecule has 0 bridgehead atoms. The Labute approximate surface area is 194 Å². The molecule has 0 spiro atoms. The predicted molar refractivity (Wildman–Crippen MR) is 124 cm³/mol. The molecule has 0 aliphatic carbocycles. The molecule has 4 aromatic heterocycles. The molecule has 5 rings (SSSR count). The van der Waals surface area contributed by atoms with Crippen LogP contribution in [0.15, 0.2) is 67.4 Å². The number of rotatable bonds is 6. The fourth-order valence-electron chi connectivity index (χ4n) is 3.79. The Morgan fingerprint density at radius 3 is 2.50 bits per heavy atom. The summed E-state index contributed by atoms with van der Waals surface area (Å²) < 4.78 is 34.7. The van der Waals surface area contributed by atoms with Crippen molar-refractivity contribution in [3.63, 3.8) is 0 Å². The molecule has 0 aliphatic heterocycles. The van der Waals surface area contributed by atoms with Crippen molar-refractivity contribution in [2.45, 2.75) is 13.5 Å². The van der Waals surface area contributed by atoms with Gasteiger partial charge in [-0.3, -0.25) is 14.4 Å². The molecule has 0 amide bonds. The number of imidazole rings is 1. The first kappa shape index (κ1) is 21.4. The van der Waals surface area contributed by atoms with Gasteiger partial charge in [0, 0.05) is 54.2 Å². The minimum atomic E-state index is -0.649. The molecule has 0 atom stereocenters. The molecule has 0 unspecified atom stereocenters. The van der Waals surface area contributed by atoms with E-state index in [1.807, 2.05) is 25.1 Å². The molecule has 9 heteroatoms. The van der Waals surface area contributed by atoms with E-state index in [2.05, 4.69) is 25.3 Å². The zero-order valence-electron chi connectivity index (χ0n) is 18.5. The van der Waals surface area contributed by atoms with Crippen LogP contribution in [0.5, 0.6) is 5.75 Å². The molecule has 0 fully saturated rings. The second-order valence-electron chi connectivity index (χ2n) is 7.70. The van der Waals surface area contributed by atoms with Crippen LogP contribution in [0, 0.1) is 18.6 Å². The Morgan fingerprint density at radius 1 is 0.912 bits per heavy atom. The maximum Gasteiger partial charge on any atom is 0.180 e. The van der Waals surface area contributed by atoms with E-state index in [9.17, 15) is 8.78 Å². The van der Waals surface area contributed by atoms with E-state index in [1.165, 1.54) is 12.1 Å². The largest absolute Gasteiger partial charge is 0.494 e. The highest BCUT2D eigenvalue weighted by Gasteiger charge is 2.13. The zero-order chi connectivity index (χ0) is 23.7. The molecule has 7 nitrogen and oxygen atoms in total. The van der Waals surface area contributed by atoms with Crippen molar-refractivity contribution >= 4 is 11.5 Å².